The molecule has 0 fully saturated rings. The van der Waals surface area contributed by atoms with Crippen LogP contribution in [0.2, 0.25) is 5.02 Å². The van der Waals surface area contributed by atoms with Crippen LogP contribution >= 0.6 is 11.6 Å². The van der Waals surface area contributed by atoms with Crippen molar-refractivity contribution >= 4 is 23.5 Å². The molecule has 2 aromatic rings. The van der Waals surface area contributed by atoms with Gasteiger partial charge in [-0.3, -0.25) is 9.48 Å². The molecule has 0 atom stereocenters. The number of aromatic nitrogens is 2. The van der Waals surface area contributed by atoms with Gasteiger partial charge in [-0.2, -0.15) is 5.10 Å². The normalized spacial score (nSPS) is 15.0. The number of hydrogen-bond acceptors (Lipinski definition) is 5. The highest BCUT2D eigenvalue weighted by molar-refractivity contribution is 6.30. The van der Waals surface area contributed by atoms with Gasteiger partial charge < -0.3 is 14.8 Å². The van der Waals surface area contributed by atoms with E-state index in [0.29, 0.717) is 51.1 Å². The number of hydrogen-bond donors (Lipinski definition) is 1. The monoisotopic (exact) mass is 451 g/mol. The maximum atomic E-state index is 13.8. The highest BCUT2D eigenvalue weighted by Crippen LogP contribution is 2.19. The first-order chi connectivity index (χ1) is 15.0. The molecule has 0 unspecified atom stereocenters. The molecule has 168 valence electrons. The van der Waals surface area contributed by atoms with Gasteiger partial charge in [0.05, 0.1) is 29.1 Å². The smallest absolute Gasteiger partial charge is 0.341 e. The first-order valence-corrected chi connectivity index (χ1v) is 11.0. The predicted molar refractivity (Wildman–Crippen MR) is 114 cm³/mol. The van der Waals surface area contributed by atoms with Crippen molar-refractivity contribution in [1.82, 2.24) is 15.1 Å². The first kappa shape index (κ1) is 23.2. The van der Waals surface area contributed by atoms with Crippen LogP contribution in [0.3, 0.4) is 0 Å². The lowest BCUT2D eigenvalue weighted by molar-refractivity contribution is 0.0489. The van der Waals surface area contributed by atoms with Crippen molar-refractivity contribution in [3.63, 3.8) is 0 Å². The van der Waals surface area contributed by atoms with Crippen LogP contribution in [0.5, 0.6) is 0 Å². The van der Waals surface area contributed by atoms with Gasteiger partial charge >= 0.3 is 5.97 Å². The molecule has 1 aliphatic rings. The molecule has 3 rings (SSSR count). The maximum Gasteiger partial charge on any atom is 0.341 e. The second-order valence-corrected chi connectivity index (χ2v) is 7.72. The van der Waals surface area contributed by atoms with Crippen molar-refractivity contribution < 1.29 is 23.5 Å². The van der Waals surface area contributed by atoms with E-state index < -0.39 is 11.8 Å². The van der Waals surface area contributed by atoms with Gasteiger partial charge in [0.25, 0.3) is 5.91 Å². The molecule has 0 bridgehead atoms. The molecule has 0 saturated carbocycles. The van der Waals surface area contributed by atoms with Crippen molar-refractivity contribution in [1.29, 1.82) is 0 Å². The van der Waals surface area contributed by atoms with Crippen LogP contribution in [-0.2, 0) is 28.9 Å². The Bertz CT molecular complexity index is 932. The molecule has 1 N–H and O–H groups in total. The largest absolute Gasteiger partial charge is 0.462 e. The highest BCUT2D eigenvalue weighted by atomic mass is 35.5. The number of fused-ring (bicyclic) bond motifs is 1. The Morgan fingerprint density at radius 3 is 2.97 bits per heavy atom. The van der Waals surface area contributed by atoms with E-state index in [9.17, 15) is 14.0 Å². The van der Waals surface area contributed by atoms with Gasteiger partial charge in [0.15, 0.2) is 0 Å². The summed E-state index contributed by atoms with van der Waals surface area (Å²) in [5, 5.41) is 7.84. The van der Waals surface area contributed by atoms with Crippen LogP contribution in [0.1, 0.15) is 58.3 Å². The van der Waals surface area contributed by atoms with E-state index >= 15 is 0 Å². The zero-order valence-electron chi connectivity index (χ0n) is 17.6. The standard InChI is InChI=1S/C22H27ClFN3O4/c1-2-18-20-19(6-3-11-30-12-4-9-25-21(20)28)27(26-18)10-5-13-31-22(29)16-14-15(23)7-8-17(16)24/h7-8,14H,2-6,9-13H2,1H3,(H,25,28). The summed E-state index contributed by atoms with van der Waals surface area (Å²) in [6, 6.07) is 3.75. The van der Waals surface area contributed by atoms with Gasteiger partial charge in [0.1, 0.15) is 5.82 Å². The number of ether oxygens (including phenoxy) is 2. The van der Waals surface area contributed by atoms with E-state index in [2.05, 4.69) is 10.4 Å². The van der Waals surface area contributed by atoms with Crippen molar-refractivity contribution in [2.75, 3.05) is 26.4 Å². The Hall–Kier alpha value is -2.45. The third-order valence-corrected chi connectivity index (χ3v) is 5.28. The van der Waals surface area contributed by atoms with E-state index in [1.165, 1.54) is 12.1 Å². The molecule has 0 aliphatic carbocycles. The van der Waals surface area contributed by atoms with E-state index in [-0.39, 0.29) is 23.1 Å². The van der Waals surface area contributed by atoms with Crippen LogP contribution in [0.25, 0.3) is 0 Å². The minimum absolute atomic E-state index is 0.0934. The van der Waals surface area contributed by atoms with Crippen molar-refractivity contribution in [3.8, 4) is 0 Å². The van der Waals surface area contributed by atoms with Crippen LogP contribution < -0.4 is 5.32 Å². The number of carbonyl (C=O) groups is 2. The number of carbonyl (C=O) groups excluding carboxylic acids is 2. The van der Waals surface area contributed by atoms with E-state index in [1.807, 2.05) is 11.6 Å². The average molecular weight is 452 g/mol. The maximum absolute atomic E-state index is 13.8. The topological polar surface area (TPSA) is 82.5 Å². The summed E-state index contributed by atoms with van der Waals surface area (Å²) in [6.07, 6.45) is 3.35. The van der Waals surface area contributed by atoms with Gasteiger partial charge in [0.2, 0.25) is 0 Å². The van der Waals surface area contributed by atoms with Gasteiger partial charge in [-0.1, -0.05) is 18.5 Å². The zero-order valence-corrected chi connectivity index (χ0v) is 18.3. The Morgan fingerprint density at radius 2 is 2.16 bits per heavy atom. The van der Waals surface area contributed by atoms with Gasteiger partial charge in [-0.05, 0) is 43.9 Å². The fourth-order valence-corrected chi connectivity index (χ4v) is 3.69. The fraction of sp³-hybridized carbons (Fsp3) is 0.500. The Labute approximate surface area is 185 Å². The first-order valence-electron chi connectivity index (χ1n) is 10.6. The van der Waals surface area contributed by atoms with Gasteiger partial charge in [-0.15, -0.1) is 0 Å². The fourth-order valence-electron chi connectivity index (χ4n) is 3.52. The minimum atomic E-state index is -0.759. The van der Waals surface area contributed by atoms with Crippen LogP contribution in [0.15, 0.2) is 18.2 Å². The molecule has 1 amide bonds. The van der Waals surface area contributed by atoms with Crippen LogP contribution in [-0.4, -0.2) is 48.0 Å². The number of nitrogens with zero attached hydrogens (tertiary/aromatic N) is 2. The number of aryl methyl sites for hydroxylation is 2. The number of halogens is 2. The molecule has 0 saturated heterocycles. The number of benzene rings is 1. The molecule has 1 aromatic heterocycles. The summed E-state index contributed by atoms with van der Waals surface area (Å²) >= 11 is 5.83. The van der Waals surface area contributed by atoms with Gasteiger partial charge in [0, 0.05) is 37.7 Å². The molecule has 2 heterocycles. The summed E-state index contributed by atoms with van der Waals surface area (Å²) in [5.41, 5.74) is 2.07. The lowest BCUT2D eigenvalue weighted by Gasteiger charge is -2.10. The van der Waals surface area contributed by atoms with Crippen LogP contribution in [0, 0.1) is 5.82 Å². The lowest BCUT2D eigenvalue weighted by Crippen LogP contribution is -2.26. The lowest BCUT2D eigenvalue weighted by atomic mass is 10.1. The minimum Gasteiger partial charge on any atom is -0.462 e. The molecule has 0 radical (unpaired) electrons. The second kappa shape index (κ2) is 11.2. The summed E-state index contributed by atoms with van der Waals surface area (Å²) in [5.74, 6) is -1.54. The molecule has 31 heavy (non-hydrogen) atoms. The highest BCUT2D eigenvalue weighted by Gasteiger charge is 2.23. The third-order valence-electron chi connectivity index (χ3n) is 5.04. The summed E-state index contributed by atoms with van der Waals surface area (Å²) < 4.78 is 26.4. The number of esters is 1. The van der Waals surface area contributed by atoms with E-state index in [4.69, 9.17) is 21.1 Å². The molecular formula is C22H27ClFN3O4. The number of amides is 1. The molecule has 1 aromatic carbocycles. The summed E-state index contributed by atoms with van der Waals surface area (Å²) in [6.45, 7) is 4.35. The molecule has 1 aliphatic heterocycles. The molecule has 9 heteroatoms. The third kappa shape index (κ3) is 6.04. The molecule has 7 nitrogen and oxygen atoms in total. The number of nitrogens with one attached hydrogen (secondary N) is 1. The Balaban J connectivity index is 1.66. The Morgan fingerprint density at radius 1 is 1.35 bits per heavy atom. The zero-order chi connectivity index (χ0) is 22.2. The van der Waals surface area contributed by atoms with Crippen molar-refractivity contribution in [2.45, 2.75) is 45.6 Å². The predicted octanol–water partition coefficient (Wildman–Crippen LogP) is 3.57. The average Bonchev–Trinajstić information content (AvgIpc) is 3.09. The van der Waals surface area contributed by atoms with Gasteiger partial charge in [-0.25, -0.2) is 9.18 Å². The molecular weight excluding hydrogens is 425 g/mol. The van der Waals surface area contributed by atoms with Crippen molar-refractivity contribution in [3.05, 3.63) is 51.6 Å². The second-order valence-electron chi connectivity index (χ2n) is 7.28. The summed E-state index contributed by atoms with van der Waals surface area (Å²) in [4.78, 5) is 24.9. The Kier molecular flexibility index (Phi) is 8.43. The molecule has 0 spiro atoms. The quantitative estimate of drug-likeness (QED) is 0.536. The number of rotatable bonds is 6. The van der Waals surface area contributed by atoms with Crippen LogP contribution in [0.4, 0.5) is 4.39 Å². The van der Waals surface area contributed by atoms with E-state index in [0.717, 1.165) is 30.3 Å². The van der Waals surface area contributed by atoms with Crippen molar-refractivity contribution in [2.24, 2.45) is 0 Å². The summed E-state index contributed by atoms with van der Waals surface area (Å²) in [7, 11) is 0. The van der Waals surface area contributed by atoms with E-state index in [1.54, 1.807) is 0 Å². The SMILES string of the molecule is CCc1nn(CCCOC(=O)c2cc(Cl)ccc2F)c2c1C(=O)NCCCOCCC2.